The Bertz CT molecular complexity index is 3190. The smallest absolute Gasteiger partial charge is 0.0981 e. The van der Waals surface area contributed by atoms with Crippen molar-refractivity contribution in [2.45, 2.75) is 37.8 Å². The number of aryl methyl sites for hydroxylation is 2. The second kappa shape index (κ2) is 18.0. The van der Waals surface area contributed by atoms with E-state index in [1.54, 1.807) is 0 Å². The second-order valence-corrected chi connectivity index (χ2v) is 18.4. The maximum absolute atomic E-state index is 10.1. The van der Waals surface area contributed by atoms with Crippen molar-refractivity contribution in [1.82, 2.24) is 39.1 Å². The summed E-state index contributed by atoms with van der Waals surface area (Å²) < 4.78 is 19.4. The summed E-state index contributed by atoms with van der Waals surface area (Å²) in [7, 11) is 3.99. The molecule has 4 aromatic carbocycles. The zero-order valence-corrected chi connectivity index (χ0v) is 38.3. The Morgan fingerprint density at radius 1 is 0.635 bits per heavy atom. The molecule has 2 aliphatic rings. The van der Waals surface area contributed by atoms with Crippen molar-refractivity contribution in [1.29, 1.82) is 0 Å². The van der Waals surface area contributed by atoms with Crippen LogP contribution in [0.4, 0.5) is 0 Å². The lowest BCUT2D eigenvalue weighted by atomic mass is 9.86. The number of H-pyrrole nitrogens is 1. The molecule has 63 heavy (non-hydrogen) atoms. The number of pyridine rings is 2. The van der Waals surface area contributed by atoms with Crippen LogP contribution in [0.15, 0.2) is 131 Å². The van der Waals surface area contributed by atoms with Gasteiger partial charge in [0.25, 0.3) is 0 Å². The molecule has 0 bridgehead atoms. The van der Waals surface area contributed by atoms with Crippen LogP contribution in [0.5, 0.6) is 0 Å². The number of rotatable bonds is 5. The molecule has 2 saturated heterocycles. The van der Waals surface area contributed by atoms with E-state index in [2.05, 4.69) is 117 Å². The van der Waals surface area contributed by atoms with Gasteiger partial charge in [-0.3, -0.25) is 19.3 Å². The molecule has 0 aliphatic carbocycles. The highest BCUT2D eigenvalue weighted by atomic mass is 79.9. The summed E-state index contributed by atoms with van der Waals surface area (Å²) >= 11 is 7.09. The van der Waals surface area contributed by atoms with E-state index >= 15 is 0 Å². The molecule has 0 saturated carbocycles. The fourth-order valence-electron chi connectivity index (χ4n) is 9.46. The number of hydrogen-bond donors (Lipinski definition) is 2. The van der Waals surface area contributed by atoms with Gasteiger partial charge in [0.2, 0.25) is 0 Å². The SMILES string of the molecule is Cn1[nH]cc2cc3nc4cc(Br)cnc4c3cc21.Cn1ncc2cc3c(cc21)c1ncc(Br)cc1n3[C@H](c1ccccc1)C1CCOCC1.O[C@@H](c1ccccc1)C1CCOCC1. The van der Waals surface area contributed by atoms with Crippen LogP contribution >= 0.6 is 31.9 Å². The van der Waals surface area contributed by atoms with Gasteiger partial charge in [-0.1, -0.05) is 60.7 Å². The van der Waals surface area contributed by atoms with Gasteiger partial charge in [-0.25, -0.2) is 4.98 Å². The largest absolute Gasteiger partial charge is 0.388 e. The Kier molecular flexibility index (Phi) is 11.9. The first kappa shape index (κ1) is 41.6. The number of halogens is 2. The molecule has 8 heterocycles. The number of nitrogens with one attached hydrogen (secondary N) is 1. The van der Waals surface area contributed by atoms with E-state index in [1.807, 2.05) is 84.6 Å². The lowest BCUT2D eigenvalue weighted by Gasteiger charge is -2.33. The van der Waals surface area contributed by atoms with Gasteiger partial charge in [-0.2, -0.15) is 5.10 Å². The Labute approximate surface area is 381 Å². The molecule has 10 aromatic rings. The van der Waals surface area contributed by atoms with Crippen LogP contribution in [0.1, 0.15) is 49.0 Å². The van der Waals surface area contributed by atoms with Gasteiger partial charge >= 0.3 is 0 Å². The second-order valence-electron chi connectivity index (χ2n) is 16.6. The van der Waals surface area contributed by atoms with Crippen molar-refractivity contribution in [3.05, 3.63) is 142 Å². The third-order valence-electron chi connectivity index (χ3n) is 12.7. The van der Waals surface area contributed by atoms with Gasteiger partial charge in [0.15, 0.2) is 0 Å². The Morgan fingerprint density at radius 2 is 1.27 bits per heavy atom. The van der Waals surface area contributed by atoms with Crippen LogP contribution in [0.2, 0.25) is 0 Å². The maximum atomic E-state index is 10.1. The van der Waals surface area contributed by atoms with Gasteiger partial charge in [0, 0.05) is 89.6 Å². The summed E-state index contributed by atoms with van der Waals surface area (Å²) in [6.45, 7) is 3.21. The lowest BCUT2D eigenvalue weighted by molar-refractivity contribution is 0.00719. The Balaban J connectivity index is 0.000000124. The predicted octanol–water partition coefficient (Wildman–Crippen LogP) is 11.4. The average Bonchev–Trinajstić information content (AvgIpc) is 4.07. The molecule has 2 N–H and O–H groups in total. The van der Waals surface area contributed by atoms with E-state index in [0.717, 1.165) is 121 Å². The number of aromatic amines is 1. The summed E-state index contributed by atoms with van der Waals surface area (Å²) in [5.41, 5.74) is 10.9. The van der Waals surface area contributed by atoms with Gasteiger partial charge in [0.1, 0.15) is 0 Å². The first-order valence-electron chi connectivity index (χ1n) is 21.5. The standard InChI is InChI=1S/C25H23BrN4O.C13H9BrN4.C12H16O2/c1-29-21-13-20-22(11-18(21)14-28-29)30(23-12-19(26)15-27-24(20)23)25(16-5-3-2-4-6-16)17-7-9-31-10-8-17;1-18-12-4-9-10(2-7(12)5-16-18)17-11-3-8(14)6-15-13(9)11;13-12(10-4-2-1-3-5-10)11-6-8-14-9-7-11/h2-6,11-15,17,25H,7-10H2,1H3;2-6,16H,1H3;1-5,11-13H,6-9H2/t25-;;12-/m1.0/s1. The number of benzene rings is 4. The minimum atomic E-state index is -0.319. The van der Waals surface area contributed by atoms with Crippen LogP contribution in [0.25, 0.3) is 65.7 Å². The Morgan fingerprint density at radius 3 is 1.98 bits per heavy atom. The molecule has 12 rings (SSSR count). The molecule has 320 valence electrons. The minimum absolute atomic E-state index is 0.218. The van der Waals surface area contributed by atoms with Crippen molar-refractivity contribution < 1.29 is 14.6 Å². The fourth-order valence-corrected chi connectivity index (χ4v) is 10.1. The van der Waals surface area contributed by atoms with Crippen molar-refractivity contribution in [3.8, 4) is 0 Å². The number of hydrogen-bond acceptors (Lipinski definition) is 7. The zero-order chi connectivity index (χ0) is 43.0. The van der Waals surface area contributed by atoms with Gasteiger partial charge in [0.05, 0.1) is 62.5 Å². The molecule has 2 atom stereocenters. The average molecular weight is 969 g/mol. The van der Waals surface area contributed by atoms with Crippen molar-refractivity contribution in [2.75, 3.05) is 26.4 Å². The summed E-state index contributed by atoms with van der Waals surface area (Å²) in [6.07, 6.45) is 11.4. The molecule has 2 aliphatic heterocycles. The number of aliphatic hydroxyl groups excluding tert-OH is 1. The van der Waals surface area contributed by atoms with E-state index < -0.39 is 0 Å². The van der Waals surface area contributed by atoms with Crippen molar-refractivity contribution in [3.63, 3.8) is 0 Å². The van der Waals surface area contributed by atoms with Crippen LogP contribution < -0.4 is 0 Å². The third kappa shape index (κ3) is 8.28. The lowest BCUT2D eigenvalue weighted by Crippen LogP contribution is -2.26. The van der Waals surface area contributed by atoms with Crippen LogP contribution in [-0.4, -0.2) is 70.6 Å². The molecular formula is C50H48Br2N8O3. The zero-order valence-electron chi connectivity index (χ0n) is 35.2. The molecule has 0 spiro atoms. The van der Waals surface area contributed by atoms with E-state index in [-0.39, 0.29) is 12.1 Å². The number of ether oxygens (including phenoxy) is 2. The summed E-state index contributed by atoms with van der Waals surface area (Å²) in [4.78, 5) is 13.9. The van der Waals surface area contributed by atoms with Crippen LogP contribution in [0.3, 0.4) is 0 Å². The monoisotopic (exact) mass is 966 g/mol. The molecular weight excluding hydrogens is 920 g/mol. The quantitative estimate of drug-likeness (QED) is 0.176. The predicted molar refractivity (Wildman–Crippen MR) is 258 cm³/mol. The van der Waals surface area contributed by atoms with Gasteiger partial charge in [-0.05, 0) is 117 Å². The summed E-state index contributed by atoms with van der Waals surface area (Å²) in [6, 6.07) is 33.9. The first-order valence-corrected chi connectivity index (χ1v) is 23.1. The van der Waals surface area contributed by atoms with Gasteiger partial charge in [-0.15, -0.1) is 0 Å². The number of aromatic nitrogens is 8. The van der Waals surface area contributed by atoms with Gasteiger partial charge < -0.3 is 24.2 Å². The minimum Gasteiger partial charge on any atom is -0.388 e. The highest BCUT2D eigenvalue weighted by Gasteiger charge is 2.30. The van der Waals surface area contributed by atoms with E-state index in [1.165, 1.54) is 16.5 Å². The molecule has 6 aromatic heterocycles. The van der Waals surface area contributed by atoms with E-state index in [0.29, 0.717) is 11.8 Å². The molecule has 0 unspecified atom stereocenters. The Hall–Kier alpha value is -5.44. The highest BCUT2D eigenvalue weighted by molar-refractivity contribution is 9.10. The van der Waals surface area contributed by atoms with Crippen molar-refractivity contribution >= 4 is 97.5 Å². The molecule has 0 radical (unpaired) electrons. The normalized spacial score (nSPS) is 16.1. The maximum Gasteiger partial charge on any atom is 0.0981 e. The summed E-state index contributed by atoms with van der Waals surface area (Å²) in [5, 5.41) is 22.3. The van der Waals surface area contributed by atoms with Crippen LogP contribution in [0, 0.1) is 11.8 Å². The van der Waals surface area contributed by atoms with Crippen molar-refractivity contribution in [2.24, 2.45) is 25.9 Å². The third-order valence-corrected chi connectivity index (χ3v) is 13.6. The first-order chi connectivity index (χ1) is 30.8. The molecule has 2 fully saturated rings. The molecule has 13 heteroatoms. The van der Waals surface area contributed by atoms with Crippen LogP contribution in [-0.2, 0) is 23.6 Å². The molecule has 0 amide bonds. The number of fused-ring (bicyclic) bond motifs is 8. The molecule has 11 nitrogen and oxygen atoms in total. The topological polar surface area (TPSA) is 121 Å². The van der Waals surface area contributed by atoms with E-state index in [4.69, 9.17) is 14.5 Å². The highest BCUT2D eigenvalue weighted by Crippen LogP contribution is 2.42. The number of aliphatic hydroxyl groups is 1. The number of nitrogens with zero attached hydrogens (tertiary/aromatic N) is 7. The van der Waals surface area contributed by atoms with E-state index in [9.17, 15) is 5.11 Å². The summed E-state index contributed by atoms with van der Waals surface area (Å²) in [5.74, 6) is 0.865. The fraction of sp³-hybridized carbons (Fsp3) is 0.280.